The smallest absolute Gasteiger partial charge is 0.224 e. The number of aryl methyl sites for hydroxylation is 1. The van der Waals surface area contributed by atoms with Crippen molar-refractivity contribution in [1.29, 1.82) is 0 Å². The van der Waals surface area contributed by atoms with Crippen LogP contribution < -0.4 is 10.1 Å². The van der Waals surface area contributed by atoms with E-state index in [0.29, 0.717) is 24.3 Å². The first-order valence-electron chi connectivity index (χ1n) is 11.6. The SMILES string of the molecule is Cc1cccc(CNC(=O)Cc2ccc(-c3ccc(OCCN4CCOCC4)nc3F)cc2)c1. The van der Waals surface area contributed by atoms with Crippen molar-refractivity contribution < 1.29 is 18.7 Å². The molecular formula is C27H30FN3O3. The average molecular weight is 464 g/mol. The molecule has 7 heteroatoms. The van der Waals surface area contributed by atoms with Crippen LogP contribution >= 0.6 is 0 Å². The van der Waals surface area contributed by atoms with E-state index in [-0.39, 0.29) is 18.2 Å². The number of hydrogen-bond acceptors (Lipinski definition) is 5. The van der Waals surface area contributed by atoms with E-state index < -0.39 is 5.95 Å². The van der Waals surface area contributed by atoms with Crippen molar-refractivity contribution in [1.82, 2.24) is 15.2 Å². The van der Waals surface area contributed by atoms with E-state index in [1.54, 1.807) is 12.1 Å². The van der Waals surface area contributed by atoms with Gasteiger partial charge in [0.1, 0.15) is 6.61 Å². The maximum absolute atomic E-state index is 14.6. The van der Waals surface area contributed by atoms with Gasteiger partial charge in [-0.2, -0.15) is 9.37 Å². The lowest BCUT2D eigenvalue weighted by molar-refractivity contribution is -0.120. The summed E-state index contributed by atoms with van der Waals surface area (Å²) in [6, 6.07) is 18.7. The minimum absolute atomic E-state index is 0.0549. The van der Waals surface area contributed by atoms with Crippen LogP contribution in [0.2, 0.25) is 0 Å². The fourth-order valence-electron chi connectivity index (χ4n) is 3.89. The summed E-state index contributed by atoms with van der Waals surface area (Å²) in [6.45, 7) is 6.97. The first kappa shape index (κ1) is 23.9. The average Bonchev–Trinajstić information content (AvgIpc) is 2.84. The summed E-state index contributed by atoms with van der Waals surface area (Å²) in [6.07, 6.45) is 0.267. The van der Waals surface area contributed by atoms with Gasteiger partial charge < -0.3 is 14.8 Å². The lowest BCUT2D eigenvalue weighted by Gasteiger charge is -2.26. The third-order valence-electron chi connectivity index (χ3n) is 5.79. The van der Waals surface area contributed by atoms with Crippen LogP contribution in [-0.4, -0.2) is 55.2 Å². The molecule has 0 unspecified atom stereocenters. The number of hydrogen-bond donors (Lipinski definition) is 1. The van der Waals surface area contributed by atoms with Crippen LogP contribution in [0.3, 0.4) is 0 Å². The van der Waals surface area contributed by atoms with Crippen LogP contribution in [-0.2, 0) is 22.5 Å². The summed E-state index contributed by atoms with van der Waals surface area (Å²) in [5.74, 6) is -0.357. The van der Waals surface area contributed by atoms with Gasteiger partial charge in [-0.3, -0.25) is 9.69 Å². The zero-order chi connectivity index (χ0) is 23.8. The van der Waals surface area contributed by atoms with Crippen molar-refractivity contribution >= 4 is 5.91 Å². The van der Waals surface area contributed by atoms with Gasteiger partial charge in [0.2, 0.25) is 17.7 Å². The molecule has 1 N–H and O–H groups in total. The number of halogens is 1. The lowest BCUT2D eigenvalue weighted by atomic mass is 10.0. The first-order valence-corrected chi connectivity index (χ1v) is 11.6. The van der Waals surface area contributed by atoms with Crippen molar-refractivity contribution in [3.05, 3.63) is 83.3 Å². The van der Waals surface area contributed by atoms with Gasteiger partial charge in [0.05, 0.1) is 19.6 Å². The number of nitrogens with zero attached hydrogens (tertiary/aromatic N) is 2. The van der Waals surface area contributed by atoms with Gasteiger partial charge in [-0.25, -0.2) is 0 Å². The van der Waals surface area contributed by atoms with Crippen molar-refractivity contribution in [3.63, 3.8) is 0 Å². The molecule has 0 atom stereocenters. The van der Waals surface area contributed by atoms with Gasteiger partial charge in [-0.15, -0.1) is 0 Å². The van der Waals surface area contributed by atoms with Gasteiger partial charge in [0.25, 0.3) is 0 Å². The van der Waals surface area contributed by atoms with E-state index in [4.69, 9.17) is 9.47 Å². The Balaban J connectivity index is 1.28. The van der Waals surface area contributed by atoms with Gasteiger partial charge in [-0.1, -0.05) is 54.1 Å². The minimum Gasteiger partial charge on any atom is -0.476 e. The third-order valence-corrected chi connectivity index (χ3v) is 5.79. The summed E-state index contributed by atoms with van der Waals surface area (Å²) >= 11 is 0. The fraction of sp³-hybridized carbons (Fsp3) is 0.333. The van der Waals surface area contributed by atoms with E-state index in [1.807, 2.05) is 49.4 Å². The largest absolute Gasteiger partial charge is 0.476 e. The van der Waals surface area contributed by atoms with Crippen LogP contribution in [0.25, 0.3) is 11.1 Å². The van der Waals surface area contributed by atoms with Gasteiger partial charge >= 0.3 is 0 Å². The maximum Gasteiger partial charge on any atom is 0.224 e. The molecule has 2 heterocycles. The molecule has 1 aliphatic rings. The molecule has 1 amide bonds. The number of nitrogens with one attached hydrogen (secondary N) is 1. The highest BCUT2D eigenvalue weighted by Crippen LogP contribution is 2.24. The van der Waals surface area contributed by atoms with Gasteiger partial charge in [0.15, 0.2) is 0 Å². The molecule has 1 fully saturated rings. The summed E-state index contributed by atoms with van der Waals surface area (Å²) in [5, 5.41) is 2.94. The number of ether oxygens (including phenoxy) is 2. The van der Waals surface area contributed by atoms with Crippen LogP contribution in [0, 0.1) is 12.9 Å². The molecule has 178 valence electrons. The second kappa shape index (κ2) is 11.7. The predicted octanol–water partition coefficient (Wildman–Crippen LogP) is 3.77. The number of carbonyl (C=O) groups excluding carboxylic acids is 1. The Morgan fingerprint density at radius 2 is 1.88 bits per heavy atom. The molecule has 1 aliphatic heterocycles. The number of aromatic nitrogens is 1. The number of carbonyl (C=O) groups is 1. The molecule has 1 saturated heterocycles. The Hall–Kier alpha value is -3.29. The summed E-state index contributed by atoms with van der Waals surface area (Å²) in [5.41, 5.74) is 4.20. The Labute approximate surface area is 199 Å². The third kappa shape index (κ3) is 6.85. The molecule has 34 heavy (non-hydrogen) atoms. The molecule has 3 aromatic rings. The highest BCUT2D eigenvalue weighted by molar-refractivity contribution is 5.78. The van der Waals surface area contributed by atoms with Crippen molar-refractivity contribution in [2.45, 2.75) is 19.9 Å². The molecule has 0 bridgehead atoms. The molecule has 0 radical (unpaired) electrons. The quantitative estimate of drug-likeness (QED) is 0.490. The zero-order valence-corrected chi connectivity index (χ0v) is 19.4. The molecular weight excluding hydrogens is 433 g/mol. The van der Waals surface area contributed by atoms with Crippen LogP contribution in [0.5, 0.6) is 5.88 Å². The van der Waals surface area contributed by atoms with Gasteiger partial charge in [-0.05, 0) is 29.7 Å². The number of pyridine rings is 1. The standard InChI is InChI=1S/C27H30FN3O3/c1-20-3-2-4-22(17-20)19-29-25(32)18-21-5-7-23(8-6-21)24-9-10-26(30-27(24)28)34-16-13-31-11-14-33-15-12-31/h2-10,17H,11-16,18-19H2,1H3,(H,29,32). The number of morpholine rings is 1. The molecule has 0 aliphatic carbocycles. The topological polar surface area (TPSA) is 63.7 Å². The monoisotopic (exact) mass is 463 g/mol. The molecule has 6 nitrogen and oxygen atoms in total. The number of rotatable bonds is 9. The van der Waals surface area contributed by atoms with Crippen molar-refractivity contribution in [2.24, 2.45) is 0 Å². The molecule has 0 spiro atoms. The molecule has 4 rings (SSSR count). The van der Waals surface area contributed by atoms with Crippen molar-refractivity contribution in [2.75, 3.05) is 39.5 Å². The fourth-order valence-corrected chi connectivity index (χ4v) is 3.89. The highest BCUT2D eigenvalue weighted by Gasteiger charge is 2.12. The van der Waals surface area contributed by atoms with E-state index in [9.17, 15) is 9.18 Å². The van der Waals surface area contributed by atoms with E-state index in [1.165, 1.54) is 0 Å². The minimum atomic E-state index is -0.576. The summed E-state index contributed by atoms with van der Waals surface area (Å²) in [7, 11) is 0. The van der Waals surface area contributed by atoms with E-state index >= 15 is 0 Å². The Morgan fingerprint density at radius 3 is 2.62 bits per heavy atom. The second-order valence-electron chi connectivity index (χ2n) is 8.43. The van der Waals surface area contributed by atoms with Crippen LogP contribution in [0.1, 0.15) is 16.7 Å². The lowest BCUT2D eigenvalue weighted by Crippen LogP contribution is -2.38. The van der Waals surface area contributed by atoms with Crippen LogP contribution in [0.4, 0.5) is 4.39 Å². The molecule has 1 aromatic heterocycles. The molecule has 2 aromatic carbocycles. The van der Waals surface area contributed by atoms with E-state index in [0.717, 1.165) is 49.5 Å². The van der Waals surface area contributed by atoms with Crippen molar-refractivity contribution in [3.8, 4) is 17.0 Å². The summed E-state index contributed by atoms with van der Waals surface area (Å²) in [4.78, 5) is 18.5. The maximum atomic E-state index is 14.6. The Morgan fingerprint density at radius 1 is 1.09 bits per heavy atom. The number of benzene rings is 2. The Kier molecular flexibility index (Phi) is 8.22. The van der Waals surface area contributed by atoms with Gasteiger partial charge in [0, 0.05) is 37.8 Å². The van der Waals surface area contributed by atoms with E-state index in [2.05, 4.69) is 21.3 Å². The van der Waals surface area contributed by atoms with Crippen LogP contribution in [0.15, 0.2) is 60.7 Å². The molecule has 0 saturated carbocycles. The number of amides is 1. The Bertz CT molecular complexity index is 1100. The first-order chi connectivity index (χ1) is 16.6. The zero-order valence-electron chi connectivity index (χ0n) is 19.4. The second-order valence-corrected chi connectivity index (χ2v) is 8.43. The summed E-state index contributed by atoms with van der Waals surface area (Å²) < 4.78 is 25.6. The highest BCUT2D eigenvalue weighted by atomic mass is 19.1. The predicted molar refractivity (Wildman–Crippen MR) is 129 cm³/mol. The normalized spacial score (nSPS) is 14.1.